The molecule has 0 fully saturated rings. The number of nitrogen functional groups attached to an aromatic ring is 1. The minimum absolute atomic E-state index is 0.0467. The Hall–Kier alpha value is -5.13. The normalized spacial score (nSPS) is 12.6. The second-order valence-electron chi connectivity index (χ2n) is 13.1. The SMILES string of the molecule is CC.CC(C)(C)OC(=O)N(Cc1cc(F)c(F)cc1-c1ccc2nc(N)nc(C(=O)N3Cc4ccccc4C3)c2c1)C(=O)OC(C)(C)C. The van der Waals surface area contributed by atoms with E-state index in [-0.39, 0.29) is 28.7 Å². The quantitative estimate of drug-likeness (QED) is 0.233. The van der Waals surface area contributed by atoms with E-state index in [9.17, 15) is 23.2 Å². The summed E-state index contributed by atoms with van der Waals surface area (Å²) >= 11 is 0. The lowest BCUT2D eigenvalue weighted by atomic mass is 9.96. The van der Waals surface area contributed by atoms with Gasteiger partial charge in [0.1, 0.15) is 16.9 Å². The maximum absolute atomic E-state index is 14.8. The van der Waals surface area contributed by atoms with Gasteiger partial charge in [0.25, 0.3) is 5.91 Å². The Morgan fingerprint density at radius 1 is 0.833 bits per heavy atom. The zero-order chi connectivity index (χ0) is 35.6. The standard InChI is InChI=1S/C34H35F2N5O5.C2H6/c1-33(2,3)45-31(43)41(32(44)46-34(4,5)6)18-22-14-25(35)26(36)15-23(22)19-11-12-27-24(13-19)28(39-30(37)38-27)29(42)40-16-20-9-7-8-10-21(20)17-40;1-2/h7-15H,16-18H2,1-6H3,(H2,37,38,39);1-2H3. The molecule has 2 N–H and O–H groups in total. The van der Waals surface area contributed by atoms with Crippen molar-refractivity contribution in [1.82, 2.24) is 19.8 Å². The number of nitrogens with zero attached hydrogens (tertiary/aromatic N) is 4. The van der Waals surface area contributed by atoms with Gasteiger partial charge in [-0.15, -0.1) is 0 Å². The average Bonchev–Trinajstić information content (AvgIpc) is 3.44. The maximum atomic E-state index is 14.8. The van der Waals surface area contributed by atoms with Gasteiger partial charge in [-0.2, -0.15) is 0 Å². The van der Waals surface area contributed by atoms with Crippen molar-refractivity contribution in [1.29, 1.82) is 0 Å². The number of hydrogen-bond acceptors (Lipinski definition) is 8. The van der Waals surface area contributed by atoms with Crippen LogP contribution in [0.15, 0.2) is 54.6 Å². The fourth-order valence-corrected chi connectivity index (χ4v) is 5.10. The number of anilines is 1. The van der Waals surface area contributed by atoms with Crippen LogP contribution in [-0.4, -0.2) is 49.1 Å². The van der Waals surface area contributed by atoms with Gasteiger partial charge in [0.15, 0.2) is 11.6 Å². The summed E-state index contributed by atoms with van der Waals surface area (Å²) in [5.41, 5.74) is 7.09. The van der Waals surface area contributed by atoms with Crippen LogP contribution in [0.3, 0.4) is 0 Å². The number of fused-ring (bicyclic) bond motifs is 2. The number of carbonyl (C=O) groups is 3. The van der Waals surface area contributed by atoms with Crippen molar-refractivity contribution in [3.8, 4) is 11.1 Å². The zero-order valence-corrected chi connectivity index (χ0v) is 28.5. The minimum Gasteiger partial charge on any atom is -0.443 e. The van der Waals surface area contributed by atoms with Gasteiger partial charge in [0.2, 0.25) is 5.95 Å². The van der Waals surface area contributed by atoms with Gasteiger partial charge in [-0.25, -0.2) is 33.2 Å². The number of aromatic nitrogens is 2. The number of rotatable bonds is 4. The summed E-state index contributed by atoms with van der Waals surface area (Å²) in [6.07, 6.45) is -2.06. The lowest BCUT2D eigenvalue weighted by Crippen LogP contribution is -2.43. The van der Waals surface area contributed by atoms with Gasteiger partial charge in [0.05, 0.1) is 12.1 Å². The van der Waals surface area contributed by atoms with E-state index in [1.54, 1.807) is 64.6 Å². The van der Waals surface area contributed by atoms with Crippen molar-refractivity contribution >= 4 is 34.9 Å². The number of imide groups is 1. The Morgan fingerprint density at radius 2 is 1.38 bits per heavy atom. The first kappa shape index (κ1) is 35.7. The van der Waals surface area contributed by atoms with Crippen molar-refractivity contribution in [2.45, 2.75) is 86.2 Å². The van der Waals surface area contributed by atoms with E-state index < -0.39 is 41.6 Å². The lowest BCUT2D eigenvalue weighted by molar-refractivity contribution is -0.000263. The van der Waals surface area contributed by atoms with Crippen molar-refractivity contribution < 1.29 is 32.6 Å². The van der Waals surface area contributed by atoms with Crippen LogP contribution >= 0.6 is 0 Å². The maximum Gasteiger partial charge on any atom is 0.420 e. The van der Waals surface area contributed by atoms with Crippen LogP contribution in [0.1, 0.15) is 82.6 Å². The van der Waals surface area contributed by atoms with E-state index >= 15 is 0 Å². The van der Waals surface area contributed by atoms with E-state index in [4.69, 9.17) is 15.2 Å². The molecule has 0 bridgehead atoms. The summed E-state index contributed by atoms with van der Waals surface area (Å²) in [5, 5.41) is 0.333. The summed E-state index contributed by atoms with van der Waals surface area (Å²) in [5.74, 6) is -2.81. The monoisotopic (exact) mass is 661 g/mol. The van der Waals surface area contributed by atoms with Crippen LogP contribution in [0.2, 0.25) is 0 Å². The van der Waals surface area contributed by atoms with E-state index in [0.29, 0.717) is 34.5 Å². The first-order chi connectivity index (χ1) is 22.5. The Labute approximate surface area is 278 Å². The number of carbonyl (C=O) groups excluding carboxylic acids is 3. The van der Waals surface area contributed by atoms with Gasteiger partial charge in [-0.1, -0.05) is 44.2 Å². The highest BCUT2D eigenvalue weighted by molar-refractivity contribution is 6.06. The number of nitrogens with two attached hydrogens (primary N) is 1. The largest absolute Gasteiger partial charge is 0.443 e. The third-order valence-corrected chi connectivity index (χ3v) is 7.06. The summed E-state index contributed by atoms with van der Waals surface area (Å²) in [7, 11) is 0. The van der Waals surface area contributed by atoms with Crippen molar-refractivity contribution in [3.05, 3.63) is 88.6 Å². The first-order valence-corrected chi connectivity index (χ1v) is 15.6. The highest BCUT2D eigenvalue weighted by atomic mass is 19.2. The van der Waals surface area contributed by atoms with Crippen LogP contribution in [-0.2, 0) is 29.1 Å². The Balaban J connectivity index is 0.00000255. The van der Waals surface area contributed by atoms with Crippen molar-refractivity contribution in [2.24, 2.45) is 0 Å². The molecule has 3 amide bonds. The molecule has 1 aliphatic rings. The van der Waals surface area contributed by atoms with Crippen molar-refractivity contribution in [2.75, 3.05) is 5.73 Å². The second-order valence-corrected chi connectivity index (χ2v) is 13.1. The molecule has 48 heavy (non-hydrogen) atoms. The highest BCUT2D eigenvalue weighted by Crippen LogP contribution is 2.33. The van der Waals surface area contributed by atoms with Crippen LogP contribution in [0.5, 0.6) is 0 Å². The molecular weight excluding hydrogens is 620 g/mol. The number of ether oxygens (including phenoxy) is 2. The smallest absolute Gasteiger partial charge is 0.420 e. The van der Waals surface area contributed by atoms with Gasteiger partial charge in [0, 0.05) is 18.5 Å². The zero-order valence-electron chi connectivity index (χ0n) is 28.5. The summed E-state index contributed by atoms with van der Waals surface area (Å²) in [6, 6.07) is 14.3. The molecule has 0 radical (unpaired) electrons. The fraction of sp³-hybridized carbons (Fsp3) is 0.361. The van der Waals surface area contributed by atoms with Gasteiger partial charge < -0.3 is 20.1 Å². The van der Waals surface area contributed by atoms with E-state index in [0.717, 1.165) is 23.3 Å². The Kier molecular flexibility index (Phi) is 10.4. The molecule has 0 saturated heterocycles. The predicted octanol–water partition coefficient (Wildman–Crippen LogP) is 8.01. The Bertz CT molecular complexity index is 1810. The van der Waals surface area contributed by atoms with Crippen LogP contribution in [0.25, 0.3) is 22.0 Å². The molecule has 4 aromatic rings. The van der Waals surface area contributed by atoms with Gasteiger partial charge >= 0.3 is 12.2 Å². The first-order valence-electron chi connectivity index (χ1n) is 15.6. The number of hydrogen-bond donors (Lipinski definition) is 1. The lowest BCUT2D eigenvalue weighted by Gasteiger charge is -2.29. The molecule has 0 atom stereocenters. The van der Waals surface area contributed by atoms with E-state index in [2.05, 4.69) is 9.97 Å². The van der Waals surface area contributed by atoms with Gasteiger partial charge in [-0.3, -0.25) is 4.79 Å². The van der Waals surface area contributed by atoms with Crippen molar-refractivity contribution in [3.63, 3.8) is 0 Å². The molecular formula is C36H41F2N5O5. The molecule has 254 valence electrons. The molecule has 0 aliphatic carbocycles. The van der Waals surface area contributed by atoms with Crippen LogP contribution in [0, 0.1) is 11.6 Å². The second kappa shape index (κ2) is 13.9. The fourth-order valence-electron chi connectivity index (χ4n) is 5.10. The molecule has 10 nitrogen and oxygen atoms in total. The molecule has 2 heterocycles. The third kappa shape index (κ3) is 8.23. The Morgan fingerprint density at radius 3 is 1.92 bits per heavy atom. The summed E-state index contributed by atoms with van der Waals surface area (Å²) in [4.78, 5) is 51.0. The van der Waals surface area contributed by atoms with E-state index in [1.165, 1.54) is 0 Å². The third-order valence-electron chi connectivity index (χ3n) is 7.06. The number of halogens is 2. The molecule has 3 aromatic carbocycles. The van der Waals surface area contributed by atoms with Gasteiger partial charge in [-0.05, 0) is 93.6 Å². The summed E-state index contributed by atoms with van der Waals surface area (Å²) < 4.78 is 40.4. The van der Waals surface area contributed by atoms with Crippen LogP contribution < -0.4 is 5.73 Å². The average molecular weight is 662 g/mol. The highest BCUT2D eigenvalue weighted by Gasteiger charge is 2.33. The number of amides is 3. The molecule has 0 spiro atoms. The molecule has 1 aliphatic heterocycles. The number of benzene rings is 3. The molecule has 0 saturated carbocycles. The van der Waals surface area contributed by atoms with Crippen LogP contribution in [0.4, 0.5) is 24.3 Å². The minimum atomic E-state index is -1.19. The molecule has 12 heteroatoms. The topological polar surface area (TPSA) is 128 Å². The molecule has 1 aromatic heterocycles. The predicted molar refractivity (Wildman–Crippen MR) is 179 cm³/mol. The molecule has 5 rings (SSSR count). The van der Waals surface area contributed by atoms with E-state index in [1.807, 2.05) is 38.1 Å². The molecule has 0 unspecified atom stereocenters. The summed E-state index contributed by atoms with van der Waals surface area (Å²) in [6.45, 7) is 14.0.